The molecular formula is C137H95N7. The predicted octanol–water partition coefficient (Wildman–Crippen LogP) is 35.6. The van der Waals surface area contributed by atoms with Gasteiger partial charge >= 0.3 is 0 Å². The number of nitrogens with zero attached hydrogens (tertiary/aromatic N) is 7. The van der Waals surface area contributed by atoms with E-state index in [0.29, 0.717) is 0 Å². The van der Waals surface area contributed by atoms with E-state index in [2.05, 4.69) is 514 Å². The number of aromatic nitrogens is 7. The van der Waals surface area contributed by atoms with E-state index in [1.54, 1.807) is 0 Å². The summed E-state index contributed by atoms with van der Waals surface area (Å²) in [5.74, 6) is 1.64. The Morgan fingerprint density at radius 2 is 0.319 bits per heavy atom. The standard InChI is InChI=1S/C137H95N7/c1-134(2)112-34-17-9-26-92(112)96-56-52-88(76-116(96)134)139-120-38-21-13-30-100(120)104-68-80(44-60-124(104)139)84-48-64-128-108(72-84)109-73-85(81-45-61-125-105(69-81)101-31-14-22-39-121(101)140(125)89-53-57-97-93-27-10-18-35-113(93)135(3,4)117(97)77-89)49-65-129(109)143(128)132-42-25-43-133(138-132)144-130-66-50-86(82-46-62-126-106(70-82)102-32-15-23-40-122(102)141(126)90-54-58-98-94-28-11-19-36-114(94)136(5,6)118(98)78-90)74-110(130)111-75-87(51-67-131(111)144)83-47-63-127-107(71-83)103-33-16-24-41-123(103)142(127)91-55-59-99-95-29-12-20-37-115(95)137(7,8)119(99)79-91/h9-79H,1-8H3. The second kappa shape index (κ2) is 29.0. The molecule has 678 valence electrons. The third-order valence-electron chi connectivity index (χ3n) is 34.0. The van der Waals surface area contributed by atoms with E-state index in [0.717, 1.165) is 99.8 Å². The van der Waals surface area contributed by atoms with Gasteiger partial charge in [0.1, 0.15) is 11.6 Å². The Morgan fingerprint density at radius 1 is 0.139 bits per heavy atom. The fourth-order valence-corrected chi connectivity index (χ4v) is 27.0. The van der Waals surface area contributed by atoms with Crippen LogP contribution in [0.2, 0.25) is 0 Å². The first-order valence-electron chi connectivity index (χ1n) is 50.7. The van der Waals surface area contributed by atoms with E-state index in [4.69, 9.17) is 4.98 Å². The van der Waals surface area contributed by atoms with Gasteiger partial charge in [0.05, 0.1) is 66.2 Å². The Hall–Kier alpha value is -17.7. The summed E-state index contributed by atoms with van der Waals surface area (Å²) in [6.45, 7) is 19.0. The summed E-state index contributed by atoms with van der Waals surface area (Å²) in [4.78, 5) is 6.01. The lowest BCUT2D eigenvalue weighted by Crippen LogP contribution is -2.15. The van der Waals surface area contributed by atoms with Crippen molar-refractivity contribution in [3.05, 3.63) is 475 Å². The van der Waals surface area contributed by atoms with Crippen LogP contribution < -0.4 is 0 Å². The summed E-state index contributed by atoms with van der Waals surface area (Å²) in [6, 6.07) is 164. The van der Waals surface area contributed by atoms with Crippen molar-refractivity contribution in [2.45, 2.75) is 77.0 Å². The minimum absolute atomic E-state index is 0.145. The van der Waals surface area contributed by atoms with Gasteiger partial charge in [-0.15, -0.1) is 0 Å². The second-order valence-electron chi connectivity index (χ2n) is 42.9. The lowest BCUT2D eigenvalue weighted by atomic mass is 9.82. The molecule has 20 aromatic carbocycles. The summed E-state index contributed by atoms with van der Waals surface area (Å²) < 4.78 is 14.8. The highest BCUT2D eigenvalue weighted by molar-refractivity contribution is 6.19. The van der Waals surface area contributed by atoms with E-state index in [1.807, 2.05) is 0 Å². The molecule has 0 spiro atoms. The highest BCUT2D eigenvalue weighted by Gasteiger charge is 2.41. The van der Waals surface area contributed by atoms with Crippen LogP contribution in [0.4, 0.5) is 0 Å². The van der Waals surface area contributed by atoms with Crippen molar-refractivity contribution in [2.24, 2.45) is 0 Å². The lowest BCUT2D eigenvalue weighted by Gasteiger charge is -2.22. The number of fused-ring (bicyclic) bond motifs is 30. The van der Waals surface area contributed by atoms with Crippen molar-refractivity contribution < 1.29 is 0 Å². The Balaban J connectivity index is 0.575. The molecule has 4 aliphatic carbocycles. The maximum absolute atomic E-state index is 6.01. The van der Waals surface area contributed by atoms with E-state index in [9.17, 15) is 0 Å². The number of benzene rings is 20. The van der Waals surface area contributed by atoms with Crippen molar-refractivity contribution >= 4 is 131 Å². The zero-order valence-electron chi connectivity index (χ0n) is 81.1. The molecule has 7 heterocycles. The van der Waals surface area contributed by atoms with E-state index >= 15 is 0 Å². The third-order valence-corrected chi connectivity index (χ3v) is 34.0. The highest BCUT2D eigenvalue weighted by atomic mass is 15.1. The maximum Gasteiger partial charge on any atom is 0.140 e. The molecule has 31 rings (SSSR count). The molecule has 0 fully saturated rings. The summed E-state index contributed by atoms with van der Waals surface area (Å²) in [5.41, 5.74) is 48.4. The molecule has 0 radical (unpaired) electrons. The zero-order valence-corrected chi connectivity index (χ0v) is 81.1. The van der Waals surface area contributed by atoms with Crippen molar-refractivity contribution in [1.82, 2.24) is 32.4 Å². The number of para-hydroxylation sites is 4. The number of hydrogen-bond donors (Lipinski definition) is 0. The molecule has 7 nitrogen and oxygen atoms in total. The van der Waals surface area contributed by atoms with E-state index in [-0.39, 0.29) is 21.7 Å². The van der Waals surface area contributed by atoms with Crippen molar-refractivity contribution in [1.29, 1.82) is 0 Å². The number of hydrogen-bond acceptors (Lipinski definition) is 1. The van der Waals surface area contributed by atoms with Crippen LogP contribution in [0.3, 0.4) is 0 Å². The van der Waals surface area contributed by atoms with Gasteiger partial charge in [-0.05, 0) is 316 Å². The maximum atomic E-state index is 6.01. The Bertz CT molecular complexity index is 9300. The first-order chi connectivity index (χ1) is 70.4. The fourth-order valence-electron chi connectivity index (χ4n) is 27.0. The topological polar surface area (TPSA) is 42.5 Å². The zero-order chi connectivity index (χ0) is 95.6. The average Bonchev–Trinajstić information content (AvgIpc) is 1.57. The van der Waals surface area contributed by atoms with Gasteiger partial charge in [-0.1, -0.05) is 304 Å². The summed E-state index contributed by atoms with van der Waals surface area (Å²) in [6.07, 6.45) is 0. The first-order valence-corrected chi connectivity index (χ1v) is 50.7. The summed E-state index contributed by atoms with van der Waals surface area (Å²) >= 11 is 0. The van der Waals surface area contributed by atoms with Gasteiger partial charge in [0.15, 0.2) is 0 Å². The molecule has 4 aliphatic rings. The molecule has 7 heteroatoms. The van der Waals surface area contributed by atoms with Crippen LogP contribution in [0.5, 0.6) is 0 Å². The first kappa shape index (κ1) is 81.2. The molecule has 0 aliphatic heterocycles. The van der Waals surface area contributed by atoms with Crippen LogP contribution in [-0.4, -0.2) is 32.4 Å². The average molecular weight is 1840 g/mol. The van der Waals surface area contributed by atoms with Gasteiger partial charge in [0, 0.05) is 109 Å². The third kappa shape index (κ3) is 11.1. The second-order valence-corrected chi connectivity index (χ2v) is 42.9. The molecule has 0 saturated heterocycles. The molecule has 27 aromatic rings. The summed E-state index contributed by atoms with van der Waals surface area (Å²) in [5, 5.41) is 14.3. The van der Waals surface area contributed by atoms with Gasteiger partial charge in [0.25, 0.3) is 0 Å². The molecule has 144 heavy (non-hydrogen) atoms. The smallest absolute Gasteiger partial charge is 0.140 e. The van der Waals surface area contributed by atoms with Crippen LogP contribution in [0.1, 0.15) is 99.9 Å². The fraction of sp³-hybridized carbons (Fsp3) is 0.0876. The quantitative estimate of drug-likeness (QED) is 0.135. The van der Waals surface area contributed by atoms with Crippen LogP contribution in [0.15, 0.2) is 431 Å². The SMILES string of the molecule is CC1(C)c2ccccc2-c2ccc(-n3c4ccccc4c4cc(-c5ccc6c(c5)c5cc(-c7ccc8c(c7)c7ccccc7n8-c7ccc8c(c7)C(C)(C)c7ccccc7-8)ccc5n6-c5cccc(-n6c7ccc(-c8ccc9c(c8)c8ccccc8n9-c8ccc9c(c8)C(C)(C)c8ccccc8-9)cc7c7cc(-c8ccc9c(c8)c8ccccc8n9-c8ccc9c(c8)C(C)(C)c8ccccc8-9)ccc76)n5)ccc43)cc21. The van der Waals surface area contributed by atoms with Gasteiger partial charge in [-0.2, -0.15) is 0 Å². The van der Waals surface area contributed by atoms with Crippen LogP contribution in [-0.2, 0) is 21.7 Å². The number of pyridine rings is 1. The minimum atomic E-state index is -0.145. The molecule has 7 aromatic heterocycles. The highest BCUT2D eigenvalue weighted by Crippen LogP contribution is 2.57. The van der Waals surface area contributed by atoms with Crippen molar-refractivity contribution in [2.75, 3.05) is 0 Å². The Morgan fingerprint density at radius 3 is 0.549 bits per heavy atom. The molecule has 0 saturated carbocycles. The molecule has 0 unspecified atom stereocenters. The van der Waals surface area contributed by atoms with E-state index < -0.39 is 0 Å². The van der Waals surface area contributed by atoms with Crippen molar-refractivity contribution in [3.63, 3.8) is 0 Å². The van der Waals surface area contributed by atoms with Crippen LogP contribution >= 0.6 is 0 Å². The molecule has 0 N–H and O–H groups in total. The molecule has 0 amide bonds. The lowest BCUT2D eigenvalue weighted by molar-refractivity contribution is 0.660. The molecule has 0 bridgehead atoms. The predicted molar refractivity (Wildman–Crippen MR) is 602 cm³/mol. The normalized spacial score (nSPS) is 14.3. The Kier molecular flexibility index (Phi) is 16.4. The summed E-state index contributed by atoms with van der Waals surface area (Å²) in [7, 11) is 0. The minimum Gasteiger partial charge on any atom is -0.309 e. The Labute approximate surface area is 833 Å². The molecular weight excluding hydrogens is 1740 g/mol. The van der Waals surface area contributed by atoms with Crippen molar-refractivity contribution in [3.8, 4) is 123 Å². The van der Waals surface area contributed by atoms with Gasteiger partial charge in [0.2, 0.25) is 0 Å². The van der Waals surface area contributed by atoms with Gasteiger partial charge in [-0.3, -0.25) is 9.13 Å². The largest absolute Gasteiger partial charge is 0.309 e. The monoisotopic (exact) mass is 1840 g/mol. The van der Waals surface area contributed by atoms with Gasteiger partial charge < -0.3 is 18.3 Å². The van der Waals surface area contributed by atoms with Crippen LogP contribution in [0.25, 0.3) is 254 Å². The van der Waals surface area contributed by atoms with E-state index in [1.165, 1.54) is 199 Å². The van der Waals surface area contributed by atoms with Gasteiger partial charge in [-0.25, -0.2) is 4.98 Å². The number of rotatable bonds is 10. The molecule has 0 atom stereocenters. The van der Waals surface area contributed by atoms with Crippen LogP contribution in [0, 0.1) is 0 Å².